The molecule has 0 atom stereocenters. The van der Waals surface area contributed by atoms with Gasteiger partial charge in [0.2, 0.25) is 5.91 Å². The number of nitrogens with zero attached hydrogens (tertiary/aromatic N) is 1. The van der Waals surface area contributed by atoms with Crippen molar-refractivity contribution in [3.05, 3.63) is 102 Å². The van der Waals surface area contributed by atoms with Crippen molar-refractivity contribution in [3.8, 4) is 0 Å². The Labute approximate surface area is 199 Å². The van der Waals surface area contributed by atoms with Crippen molar-refractivity contribution in [2.24, 2.45) is 0 Å². The minimum absolute atomic E-state index is 0.00130. The predicted molar refractivity (Wildman–Crippen MR) is 131 cm³/mol. The van der Waals surface area contributed by atoms with Gasteiger partial charge in [-0.3, -0.25) is 19.5 Å². The first-order valence-electron chi connectivity index (χ1n) is 10.5. The number of carbonyl (C=O) groups excluding carboxylic acids is 3. The molecule has 3 amide bonds. The zero-order chi connectivity index (χ0) is 24.8. The number of carbonyl (C=O) groups is 3. The minimum Gasteiger partial charge on any atom is -0.397 e. The lowest BCUT2D eigenvalue weighted by Crippen LogP contribution is -2.18. The maximum Gasteiger partial charge on any atom is 0.275 e. The molecule has 4 rings (SSSR count). The number of aromatic nitrogens is 2. The van der Waals surface area contributed by atoms with Crippen LogP contribution >= 0.6 is 0 Å². The van der Waals surface area contributed by atoms with E-state index < -0.39 is 17.6 Å². The first-order chi connectivity index (χ1) is 16.9. The van der Waals surface area contributed by atoms with Crippen molar-refractivity contribution in [2.45, 2.75) is 6.42 Å². The molecular weight excluding hydrogens is 451 g/mol. The summed E-state index contributed by atoms with van der Waals surface area (Å²) >= 11 is 0. The molecule has 3 aromatic carbocycles. The Balaban J connectivity index is 1.36. The molecule has 0 bridgehead atoms. The van der Waals surface area contributed by atoms with Gasteiger partial charge in [0.25, 0.3) is 11.8 Å². The average Bonchev–Trinajstić information content (AvgIpc) is 3.30. The summed E-state index contributed by atoms with van der Waals surface area (Å²) in [6.07, 6.45) is 1.38. The van der Waals surface area contributed by atoms with E-state index in [1.165, 1.54) is 30.5 Å². The topological polar surface area (TPSA) is 142 Å². The van der Waals surface area contributed by atoms with Crippen molar-refractivity contribution in [1.82, 2.24) is 10.2 Å². The van der Waals surface area contributed by atoms with E-state index in [0.717, 1.165) is 5.56 Å². The van der Waals surface area contributed by atoms with Crippen LogP contribution in [-0.2, 0) is 11.2 Å². The molecule has 176 valence electrons. The monoisotopic (exact) mass is 472 g/mol. The number of para-hydroxylation sites is 2. The average molecular weight is 472 g/mol. The summed E-state index contributed by atoms with van der Waals surface area (Å²) in [6, 6.07) is 19.2. The molecule has 0 fully saturated rings. The quantitative estimate of drug-likeness (QED) is 0.260. The number of halogens is 1. The van der Waals surface area contributed by atoms with Gasteiger partial charge in [-0.05, 0) is 42.0 Å². The summed E-state index contributed by atoms with van der Waals surface area (Å²) < 4.78 is 13.9. The third kappa shape index (κ3) is 5.69. The maximum absolute atomic E-state index is 13.9. The second-order valence-electron chi connectivity index (χ2n) is 7.56. The molecule has 0 radical (unpaired) electrons. The van der Waals surface area contributed by atoms with E-state index in [9.17, 15) is 18.8 Å². The van der Waals surface area contributed by atoms with Crippen LogP contribution in [0.4, 0.5) is 27.1 Å². The smallest absolute Gasteiger partial charge is 0.275 e. The third-order valence-electron chi connectivity index (χ3n) is 5.04. The number of nitrogens with one attached hydrogen (secondary N) is 4. The van der Waals surface area contributed by atoms with E-state index >= 15 is 0 Å². The Kier molecular flexibility index (Phi) is 6.82. The Morgan fingerprint density at radius 1 is 0.829 bits per heavy atom. The normalized spacial score (nSPS) is 10.4. The van der Waals surface area contributed by atoms with Crippen LogP contribution in [0.1, 0.15) is 26.4 Å². The standard InChI is InChI=1S/C25H21FN6O3/c26-18-6-2-1-5-17(18)24(34)31-21-14-28-32-23(21)25(35)29-16-11-9-15(10-12-16)13-22(33)30-20-8-4-3-7-19(20)27/h1-12,14H,13,27H2,(H,28,32)(H,29,35)(H,30,33)(H,31,34). The van der Waals surface area contributed by atoms with Gasteiger partial charge in [-0.1, -0.05) is 36.4 Å². The number of anilines is 4. The van der Waals surface area contributed by atoms with Crippen LogP contribution in [0.3, 0.4) is 0 Å². The highest BCUT2D eigenvalue weighted by molar-refractivity contribution is 6.11. The predicted octanol–water partition coefficient (Wildman–Crippen LogP) is 3.82. The molecule has 0 saturated carbocycles. The molecule has 9 nitrogen and oxygen atoms in total. The highest BCUT2D eigenvalue weighted by Gasteiger charge is 2.18. The molecule has 0 aliphatic heterocycles. The van der Waals surface area contributed by atoms with Crippen LogP contribution in [0.25, 0.3) is 0 Å². The van der Waals surface area contributed by atoms with Gasteiger partial charge in [0.05, 0.1) is 35.2 Å². The second-order valence-corrected chi connectivity index (χ2v) is 7.56. The highest BCUT2D eigenvalue weighted by atomic mass is 19.1. The fraction of sp³-hybridized carbons (Fsp3) is 0.0400. The lowest BCUT2D eigenvalue weighted by molar-refractivity contribution is -0.115. The van der Waals surface area contributed by atoms with E-state index in [1.54, 1.807) is 48.5 Å². The molecule has 6 N–H and O–H groups in total. The van der Waals surface area contributed by atoms with Gasteiger partial charge >= 0.3 is 0 Å². The molecular formula is C25H21FN6O3. The largest absolute Gasteiger partial charge is 0.397 e. The first kappa shape index (κ1) is 23.2. The number of hydrogen-bond acceptors (Lipinski definition) is 5. The highest BCUT2D eigenvalue weighted by Crippen LogP contribution is 2.19. The molecule has 10 heteroatoms. The van der Waals surface area contributed by atoms with Gasteiger partial charge in [0.1, 0.15) is 11.5 Å². The lowest BCUT2D eigenvalue weighted by Gasteiger charge is -2.09. The van der Waals surface area contributed by atoms with Gasteiger partial charge < -0.3 is 21.7 Å². The van der Waals surface area contributed by atoms with Gasteiger partial charge in [0, 0.05) is 5.69 Å². The Morgan fingerprint density at radius 3 is 2.29 bits per heavy atom. The Bertz CT molecular complexity index is 1380. The fourth-order valence-corrected chi connectivity index (χ4v) is 3.28. The number of H-pyrrole nitrogens is 1. The summed E-state index contributed by atoms with van der Waals surface area (Å²) in [6.45, 7) is 0. The number of aromatic amines is 1. The third-order valence-corrected chi connectivity index (χ3v) is 5.04. The molecule has 35 heavy (non-hydrogen) atoms. The van der Waals surface area contributed by atoms with E-state index in [2.05, 4.69) is 26.1 Å². The number of hydrogen-bond donors (Lipinski definition) is 5. The molecule has 0 unspecified atom stereocenters. The van der Waals surface area contributed by atoms with Crippen molar-refractivity contribution in [1.29, 1.82) is 0 Å². The molecule has 1 heterocycles. The number of rotatable bonds is 7. The number of nitrogens with two attached hydrogens (primary N) is 1. The van der Waals surface area contributed by atoms with Gasteiger partial charge in [0.15, 0.2) is 0 Å². The number of nitrogen functional groups attached to an aromatic ring is 1. The molecule has 0 aliphatic rings. The first-order valence-corrected chi connectivity index (χ1v) is 10.5. The van der Waals surface area contributed by atoms with Crippen molar-refractivity contribution < 1.29 is 18.8 Å². The molecule has 4 aromatic rings. The number of amides is 3. The summed E-state index contributed by atoms with van der Waals surface area (Å²) in [5.74, 6) is -2.18. The lowest BCUT2D eigenvalue weighted by atomic mass is 10.1. The van der Waals surface area contributed by atoms with E-state index in [1.807, 2.05) is 0 Å². The summed E-state index contributed by atoms with van der Waals surface area (Å²) in [5, 5.41) is 14.2. The number of benzene rings is 3. The zero-order valence-electron chi connectivity index (χ0n) is 18.3. The van der Waals surface area contributed by atoms with Crippen LogP contribution in [0.5, 0.6) is 0 Å². The van der Waals surface area contributed by atoms with Crippen LogP contribution in [0, 0.1) is 5.82 Å². The van der Waals surface area contributed by atoms with Crippen LogP contribution < -0.4 is 21.7 Å². The SMILES string of the molecule is Nc1ccccc1NC(=O)Cc1ccc(NC(=O)c2[nH]ncc2NC(=O)c2ccccc2F)cc1. The van der Waals surface area contributed by atoms with E-state index in [0.29, 0.717) is 17.1 Å². The summed E-state index contributed by atoms with van der Waals surface area (Å²) in [7, 11) is 0. The second kappa shape index (κ2) is 10.3. The van der Waals surface area contributed by atoms with Gasteiger partial charge in [-0.2, -0.15) is 5.10 Å². The van der Waals surface area contributed by atoms with Crippen LogP contribution in [-0.4, -0.2) is 27.9 Å². The van der Waals surface area contributed by atoms with Crippen molar-refractivity contribution >= 4 is 40.5 Å². The van der Waals surface area contributed by atoms with Crippen molar-refractivity contribution in [2.75, 3.05) is 21.7 Å². The fourth-order valence-electron chi connectivity index (χ4n) is 3.28. The molecule has 1 aromatic heterocycles. The molecule has 0 spiro atoms. The summed E-state index contributed by atoms with van der Waals surface area (Å²) in [5.41, 5.74) is 7.99. The van der Waals surface area contributed by atoms with Gasteiger partial charge in [-0.15, -0.1) is 0 Å². The van der Waals surface area contributed by atoms with E-state index in [4.69, 9.17) is 5.73 Å². The van der Waals surface area contributed by atoms with E-state index in [-0.39, 0.29) is 29.3 Å². The Morgan fingerprint density at radius 2 is 1.54 bits per heavy atom. The zero-order valence-corrected chi connectivity index (χ0v) is 18.3. The molecule has 0 saturated heterocycles. The van der Waals surface area contributed by atoms with Crippen LogP contribution in [0.15, 0.2) is 79.0 Å². The molecule has 0 aliphatic carbocycles. The van der Waals surface area contributed by atoms with Crippen LogP contribution in [0.2, 0.25) is 0 Å². The maximum atomic E-state index is 13.9. The van der Waals surface area contributed by atoms with Crippen molar-refractivity contribution in [3.63, 3.8) is 0 Å². The summed E-state index contributed by atoms with van der Waals surface area (Å²) in [4.78, 5) is 37.4. The Hall–Kier alpha value is -4.99. The minimum atomic E-state index is -0.710. The van der Waals surface area contributed by atoms with Gasteiger partial charge in [-0.25, -0.2) is 4.39 Å².